The van der Waals surface area contributed by atoms with Gasteiger partial charge in [0.05, 0.1) is 11.7 Å². The summed E-state index contributed by atoms with van der Waals surface area (Å²) in [7, 11) is 0. The zero-order chi connectivity index (χ0) is 22.5. The number of anilines is 2. The minimum atomic E-state index is -0.158. The van der Waals surface area contributed by atoms with E-state index in [0.29, 0.717) is 23.2 Å². The van der Waals surface area contributed by atoms with Gasteiger partial charge in [0.1, 0.15) is 22.1 Å². The number of ether oxygens (including phenoxy) is 1. The summed E-state index contributed by atoms with van der Waals surface area (Å²) in [6.45, 7) is 5.70. The Balaban J connectivity index is 1.16. The number of pyridine rings is 1. The van der Waals surface area contributed by atoms with E-state index in [1.165, 1.54) is 29.9 Å². The number of amides is 1. The molecule has 172 valence electrons. The first-order valence-electron chi connectivity index (χ1n) is 11.8. The number of rotatable bonds is 3. The molecule has 8 heteroatoms. The SMILES string of the molecule is Cc1ccc2c(N)c(C(=O)N[C@H]3COc4cc(N5CC[C@H]6CCNC[C@H]65)ccc4C3)sc2n1. The fraction of sp³-hybridized carbons (Fsp3) is 0.440. The first-order chi connectivity index (χ1) is 16.1. The van der Waals surface area contributed by atoms with Crippen molar-refractivity contribution in [3.8, 4) is 5.75 Å². The van der Waals surface area contributed by atoms with Crippen LogP contribution in [-0.4, -0.2) is 49.2 Å². The molecule has 0 saturated carbocycles. The van der Waals surface area contributed by atoms with Crippen molar-refractivity contribution in [1.29, 1.82) is 0 Å². The van der Waals surface area contributed by atoms with E-state index in [1.54, 1.807) is 0 Å². The van der Waals surface area contributed by atoms with Crippen LogP contribution in [0.25, 0.3) is 10.2 Å². The second-order valence-corrected chi connectivity index (χ2v) is 10.4. The van der Waals surface area contributed by atoms with Gasteiger partial charge < -0.3 is 26.0 Å². The highest BCUT2D eigenvalue weighted by molar-refractivity contribution is 7.21. The number of thiophene rings is 1. The lowest BCUT2D eigenvalue weighted by Gasteiger charge is -2.34. The number of piperidine rings is 1. The topological polar surface area (TPSA) is 92.5 Å². The number of nitrogen functional groups attached to an aromatic ring is 1. The lowest BCUT2D eigenvalue weighted by Crippen LogP contribution is -2.46. The Labute approximate surface area is 197 Å². The number of carbonyl (C=O) groups is 1. The number of hydrogen-bond donors (Lipinski definition) is 3. The summed E-state index contributed by atoms with van der Waals surface area (Å²) in [5.74, 6) is 1.57. The predicted octanol–water partition coefficient (Wildman–Crippen LogP) is 3.11. The maximum absolute atomic E-state index is 13.0. The maximum atomic E-state index is 13.0. The second-order valence-electron chi connectivity index (χ2n) is 9.43. The van der Waals surface area contributed by atoms with Crippen molar-refractivity contribution in [3.63, 3.8) is 0 Å². The number of nitrogens with zero attached hydrogens (tertiary/aromatic N) is 2. The highest BCUT2D eigenvalue weighted by Gasteiger charge is 2.36. The van der Waals surface area contributed by atoms with Gasteiger partial charge in [0.15, 0.2) is 0 Å². The fourth-order valence-corrected chi connectivity index (χ4v) is 6.57. The van der Waals surface area contributed by atoms with Crippen molar-refractivity contribution in [2.24, 2.45) is 5.92 Å². The quantitative estimate of drug-likeness (QED) is 0.553. The van der Waals surface area contributed by atoms with Crippen LogP contribution in [0.15, 0.2) is 30.3 Å². The summed E-state index contributed by atoms with van der Waals surface area (Å²) >= 11 is 1.35. The first-order valence-corrected chi connectivity index (χ1v) is 12.6. The van der Waals surface area contributed by atoms with Crippen LogP contribution in [0, 0.1) is 12.8 Å². The third-order valence-electron chi connectivity index (χ3n) is 7.29. The van der Waals surface area contributed by atoms with Crippen LogP contribution in [0.4, 0.5) is 11.4 Å². The number of aryl methyl sites for hydroxylation is 1. The van der Waals surface area contributed by atoms with Crippen LogP contribution >= 0.6 is 11.3 Å². The molecule has 1 aromatic carbocycles. The van der Waals surface area contributed by atoms with Crippen molar-refractivity contribution in [2.75, 3.05) is 36.9 Å². The molecule has 0 bridgehead atoms. The molecule has 33 heavy (non-hydrogen) atoms. The van der Waals surface area contributed by atoms with E-state index in [1.807, 2.05) is 19.1 Å². The first kappa shape index (κ1) is 20.7. The zero-order valence-corrected chi connectivity index (χ0v) is 19.6. The summed E-state index contributed by atoms with van der Waals surface area (Å²) in [5.41, 5.74) is 10.1. The third kappa shape index (κ3) is 3.71. The maximum Gasteiger partial charge on any atom is 0.263 e. The van der Waals surface area contributed by atoms with Gasteiger partial charge >= 0.3 is 0 Å². The van der Waals surface area contributed by atoms with Gasteiger partial charge in [-0.1, -0.05) is 6.07 Å². The number of aromatic nitrogens is 1. The summed E-state index contributed by atoms with van der Waals surface area (Å²) in [6.07, 6.45) is 3.29. The monoisotopic (exact) mass is 463 g/mol. The van der Waals surface area contributed by atoms with E-state index in [2.05, 4.69) is 38.7 Å². The van der Waals surface area contributed by atoms with Gasteiger partial charge in [-0.05, 0) is 62.4 Å². The van der Waals surface area contributed by atoms with E-state index in [-0.39, 0.29) is 11.9 Å². The molecule has 0 aliphatic carbocycles. The van der Waals surface area contributed by atoms with E-state index < -0.39 is 0 Å². The molecular weight excluding hydrogens is 434 g/mol. The van der Waals surface area contributed by atoms with Gasteiger partial charge in [-0.25, -0.2) is 4.98 Å². The van der Waals surface area contributed by atoms with Crippen LogP contribution in [0.2, 0.25) is 0 Å². The Morgan fingerprint density at radius 3 is 3.12 bits per heavy atom. The molecule has 3 aromatic rings. The highest BCUT2D eigenvalue weighted by Crippen LogP contribution is 2.37. The fourth-order valence-electron chi connectivity index (χ4n) is 5.53. The Bertz CT molecular complexity index is 1220. The average molecular weight is 464 g/mol. The second kappa shape index (κ2) is 8.18. The Kier molecular flexibility index (Phi) is 5.14. The molecule has 0 unspecified atom stereocenters. The van der Waals surface area contributed by atoms with Crippen LogP contribution < -0.4 is 26.0 Å². The molecule has 0 radical (unpaired) electrons. The molecule has 2 aromatic heterocycles. The molecule has 4 N–H and O–H groups in total. The highest BCUT2D eigenvalue weighted by atomic mass is 32.1. The van der Waals surface area contributed by atoms with Crippen molar-refractivity contribution in [3.05, 3.63) is 46.5 Å². The van der Waals surface area contributed by atoms with Crippen molar-refractivity contribution < 1.29 is 9.53 Å². The number of nitrogens with one attached hydrogen (secondary N) is 2. The number of nitrogens with two attached hydrogens (primary N) is 1. The Hall–Kier alpha value is -2.84. The molecule has 3 aliphatic heterocycles. The van der Waals surface area contributed by atoms with Gasteiger partial charge in [-0.2, -0.15) is 0 Å². The van der Waals surface area contributed by atoms with Crippen LogP contribution in [-0.2, 0) is 6.42 Å². The molecule has 0 spiro atoms. The molecule has 3 aliphatic rings. The van der Waals surface area contributed by atoms with Gasteiger partial charge in [0.2, 0.25) is 0 Å². The Morgan fingerprint density at radius 1 is 1.30 bits per heavy atom. The largest absolute Gasteiger partial charge is 0.491 e. The van der Waals surface area contributed by atoms with Gasteiger partial charge in [0.25, 0.3) is 5.91 Å². The average Bonchev–Trinajstić information content (AvgIpc) is 3.40. The molecule has 6 rings (SSSR count). The van der Waals surface area contributed by atoms with Gasteiger partial charge in [-0.15, -0.1) is 11.3 Å². The molecule has 3 atom stereocenters. The van der Waals surface area contributed by atoms with Crippen molar-refractivity contribution in [1.82, 2.24) is 15.6 Å². The predicted molar refractivity (Wildman–Crippen MR) is 132 cm³/mol. The summed E-state index contributed by atoms with van der Waals surface area (Å²) in [4.78, 5) is 21.4. The Morgan fingerprint density at radius 2 is 2.21 bits per heavy atom. The van der Waals surface area contributed by atoms with Gasteiger partial charge in [-0.3, -0.25) is 4.79 Å². The normalized spacial score (nSPS) is 24.3. The van der Waals surface area contributed by atoms with Crippen molar-refractivity contribution >= 4 is 38.8 Å². The molecule has 7 nitrogen and oxygen atoms in total. The molecule has 5 heterocycles. The minimum Gasteiger partial charge on any atom is -0.491 e. The lowest BCUT2D eigenvalue weighted by molar-refractivity contribution is 0.0920. The standard InChI is InChI=1S/C25H29N5O2S/c1-14-2-5-19-22(26)23(33-25(19)28-14)24(31)29-17-10-16-3-4-18(11-21(16)32-13-17)30-9-7-15-6-8-27-12-20(15)30/h2-5,11,15,17,20,27H,6-10,12-13,26H2,1H3,(H,29,31)/t15-,17-,20-/m1/s1. The van der Waals surface area contributed by atoms with E-state index in [4.69, 9.17) is 10.5 Å². The summed E-state index contributed by atoms with van der Waals surface area (Å²) in [5, 5.41) is 7.50. The molecule has 1 amide bonds. The van der Waals surface area contributed by atoms with E-state index in [9.17, 15) is 4.79 Å². The van der Waals surface area contributed by atoms with Crippen LogP contribution in [0.3, 0.4) is 0 Å². The smallest absolute Gasteiger partial charge is 0.263 e. The van der Waals surface area contributed by atoms with Crippen molar-refractivity contribution in [2.45, 2.75) is 38.3 Å². The summed E-state index contributed by atoms with van der Waals surface area (Å²) < 4.78 is 6.12. The van der Waals surface area contributed by atoms with Crippen LogP contribution in [0.5, 0.6) is 5.75 Å². The molecule has 2 saturated heterocycles. The zero-order valence-electron chi connectivity index (χ0n) is 18.8. The number of benzene rings is 1. The summed E-state index contributed by atoms with van der Waals surface area (Å²) in [6, 6.07) is 10.9. The minimum absolute atomic E-state index is 0.0890. The number of hydrogen-bond acceptors (Lipinski definition) is 7. The molecular formula is C25H29N5O2S. The molecule has 2 fully saturated rings. The van der Waals surface area contributed by atoms with E-state index in [0.717, 1.165) is 59.2 Å². The van der Waals surface area contributed by atoms with Crippen LogP contribution in [0.1, 0.15) is 33.8 Å². The third-order valence-corrected chi connectivity index (χ3v) is 8.41. The number of carbonyl (C=O) groups excluding carboxylic acids is 1. The van der Waals surface area contributed by atoms with Gasteiger partial charge in [0, 0.05) is 42.0 Å². The lowest BCUT2D eigenvalue weighted by atomic mass is 9.93. The van der Waals surface area contributed by atoms with E-state index >= 15 is 0 Å². The number of fused-ring (bicyclic) bond motifs is 3.